The zero-order valence-corrected chi connectivity index (χ0v) is 13.9. The number of hydrogen-bond donors (Lipinski definition) is 1. The maximum absolute atomic E-state index is 9.47. The molecule has 1 aromatic carbocycles. The van der Waals surface area contributed by atoms with Crippen LogP contribution in [0, 0.1) is 19.8 Å². The zero-order valence-electron chi connectivity index (χ0n) is 13.9. The van der Waals surface area contributed by atoms with Gasteiger partial charge < -0.3 is 9.84 Å². The first-order chi connectivity index (χ1) is 11.2. The van der Waals surface area contributed by atoms with Gasteiger partial charge in [-0.3, -0.25) is 4.90 Å². The number of ether oxygens (including phenoxy) is 1. The van der Waals surface area contributed by atoms with Crippen LogP contribution in [0.5, 0.6) is 0 Å². The lowest BCUT2D eigenvalue weighted by Crippen LogP contribution is -2.31. The molecule has 0 amide bonds. The Balaban J connectivity index is 1.89. The maximum Gasteiger partial charge on any atom is 0.0695 e. The van der Waals surface area contributed by atoms with Crippen LogP contribution in [0.1, 0.15) is 16.7 Å². The number of nitrogens with zero attached hydrogens (tertiary/aromatic N) is 3. The van der Waals surface area contributed by atoms with Crippen LogP contribution in [-0.4, -0.2) is 52.7 Å². The van der Waals surface area contributed by atoms with Gasteiger partial charge in [0.25, 0.3) is 0 Å². The number of rotatable bonds is 4. The predicted octanol–water partition coefficient (Wildman–Crippen LogP) is 1.93. The maximum atomic E-state index is 9.47. The molecule has 0 bridgehead atoms. The Kier molecular flexibility index (Phi) is 5.10. The van der Waals surface area contributed by atoms with Gasteiger partial charge >= 0.3 is 0 Å². The first-order valence-corrected chi connectivity index (χ1v) is 8.18. The minimum Gasteiger partial charge on any atom is -0.396 e. The van der Waals surface area contributed by atoms with E-state index < -0.39 is 0 Å². The van der Waals surface area contributed by atoms with E-state index in [9.17, 15) is 5.11 Å². The Hall–Kier alpha value is -1.69. The molecule has 2 heterocycles. The highest BCUT2D eigenvalue weighted by Crippen LogP contribution is 2.23. The standard InChI is InChI=1S/C18H25N3O2/c1-14-8-15(2)17(18(9-14)21-5-3-4-19-21)11-20-6-7-23-13-16(10-20)12-22/h3-5,8-9,16,22H,6-7,10-13H2,1-2H3. The van der Waals surface area contributed by atoms with Gasteiger partial charge in [0.15, 0.2) is 0 Å². The monoisotopic (exact) mass is 315 g/mol. The third kappa shape index (κ3) is 3.80. The van der Waals surface area contributed by atoms with Crippen LogP contribution >= 0.6 is 0 Å². The molecule has 1 aliphatic heterocycles. The lowest BCUT2D eigenvalue weighted by atomic mass is 10.0. The van der Waals surface area contributed by atoms with E-state index in [1.807, 2.05) is 23.1 Å². The van der Waals surface area contributed by atoms with Crippen molar-refractivity contribution in [1.29, 1.82) is 0 Å². The highest BCUT2D eigenvalue weighted by atomic mass is 16.5. The van der Waals surface area contributed by atoms with Crippen molar-refractivity contribution in [2.24, 2.45) is 5.92 Å². The summed E-state index contributed by atoms with van der Waals surface area (Å²) in [4.78, 5) is 2.37. The van der Waals surface area contributed by atoms with Crippen molar-refractivity contribution >= 4 is 0 Å². The predicted molar refractivity (Wildman–Crippen MR) is 89.7 cm³/mol. The average molecular weight is 315 g/mol. The van der Waals surface area contributed by atoms with E-state index in [1.54, 1.807) is 0 Å². The molecule has 1 N–H and O–H groups in total. The summed E-state index contributed by atoms with van der Waals surface area (Å²) in [5.74, 6) is 0.191. The molecule has 3 rings (SSSR count). The fourth-order valence-electron chi connectivity index (χ4n) is 3.23. The number of aromatic nitrogens is 2. The van der Waals surface area contributed by atoms with Crippen molar-refractivity contribution in [3.8, 4) is 5.69 Å². The molecule has 124 valence electrons. The number of aliphatic hydroxyl groups is 1. The second kappa shape index (κ2) is 7.25. The number of aryl methyl sites for hydroxylation is 2. The van der Waals surface area contributed by atoms with Crippen LogP contribution in [0.2, 0.25) is 0 Å². The van der Waals surface area contributed by atoms with Crippen molar-refractivity contribution in [2.45, 2.75) is 20.4 Å². The molecule has 5 heteroatoms. The van der Waals surface area contributed by atoms with Crippen molar-refractivity contribution in [3.63, 3.8) is 0 Å². The molecule has 5 nitrogen and oxygen atoms in total. The van der Waals surface area contributed by atoms with Crippen molar-refractivity contribution in [3.05, 3.63) is 47.3 Å². The van der Waals surface area contributed by atoms with E-state index in [-0.39, 0.29) is 12.5 Å². The van der Waals surface area contributed by atoms with E-state index in [2.05, 4.69) is 36.0 Å². The van der Waals surface area contributed by atoms with Crippen LogP contribution in [0.25, 0.3) is 5.69 Å². The Bertz CT molecular complexity index is 640. The lowest BCUT2D eigenvalue weighted by Gasteiger charge is -2.25. The van der Waals surface area contributed by atoms with Crippen LogP contribution in [0.15, 0.2) is 30.6 Å². The molecule has 1 aliphatic rings. The largest absolute Gasteiger partial charge is 0.396 e. The van der Waals surface area contributed by atoms with Crippen LogP contribution < -0.4 is 0 Å². The smallest absolute Gasteiger partial charge is 0.0695 e. The minimum absolute atomic E-state index is 0.176. The van der Waals surface area contributed by atoms with Gasteiger partial charge in [-0.2, -0.15) is 5.10 Å². The third-order valence-electron chi connectivity index (χ3n) is 4.41. The molecule has 1 unspecified atom stereocenters. The van der Waals surface area contributed by atoms with Crippen LogP contribution in [-0.2, 0) is 11.3 Å². The molecular weight excluding hydrogens is 290 g/mol. The molecule has 1 saturated heterocycles. The van der Waals surface area contributed by atoms with Gasteiger partial charge in [0.1, 0.15) is 0 Å². The number of hydrogen-bond acceptors (Lipinski definition) is 4. The SMILES string of the molecule is Cc1cc(C)c(CN2CCOCC(CO)C2)c(-n2cccn2)c1. The number of benzene rings is 1. The van der Waals surface area contributed by atoms with Gasteiger partial charge in [0.2, 0.25) is 0 Å². The quantitative estimate of drug-likeness (QED) is 0.937. The highest BCUT2D eigenvalue weighted by Gasteiger charge is 2.20. The average Bonchev–Trinajstić information content (AvgIpc) is 2.96. The van der Waals surface area contributed by atoms with Crippen molar-refractivity contribution in [2.75, 3.05) is 32.9 Å². The van der Waals surface area contributed by atoms with Gasteiger partial charge in [-0.25, -0.2) is 4.68 Å². The second-order valence-corrected chi connectivity index (χ2v) is 6.39. The summed E-state index contributed by atoms with van der Waals surface area (Å²) in [6.07, 6.45) is 3.79. The topological polar surface area (TPSA) is 50.5 Å². The molecule has 1 aromatic heterocycles. The van der Waals surface area contributed by atoms with E-state index >= 15 is 0 Å². The fourth-order valence-corrected chi connectivity index (χ4v) is 3.23. The molecule has 2 aromatic rings. The van der Waals surface area contributed by atoms with Crippen LogP contribution in [0.3, 0.4) is 0 Å². The van der Waals surface area contributed by atoms with Gasteiger partial charge in [0.05, 0.1) is 18.9 Å². The van der Waals surface area contributed by atoms with Crippen molar-refractivity contribution < 1.29 is 9.84 Å². The summed E-state index contributed by atoms with van der Waals surface area (Å²) in [5.41, 5.74) is 4.95. The Morgan fingerprint density at radius 1 is 1.35 bits per heavy atom. The summed E-state index contributed by atoms with van der Waals surface area (Å²) >= 11 is 0. The molecule has 0 spiro atoms. The minimum atomic E-state index is 0.176. The number of aliphatic hydroxyl groups excluding tert-OH is 1. The van der Waals surface area contributed by atoms with Crippen LogP contribution in [0.4, 0.5) is 0 Å². The van der Waals surface area contributed by atoms with E-state index in [1.165, 1.54) is 16.7 Å². The van der Waals surface area contributed by atoms with Gasteiger partial charge in [-0.15, -0.1) is 0 Å². The van der Waals surface area contributed by atoms with Gasteiger partial charge in [0, 0.05) is 44.6 Å². The molecule has 1 fully saturated rings. The molecule has 0 radical (unpaired) electrons. The van der Waals surface area contributed by atoms with Crippen molar-refractivity contribution in [1.82, 2.24) is 14.7 Å². The Labute approximate surface area is 137 Å². The molecule has 0 saturated carbocycles. The summed E-state index contributed by atoms with van der Waals surface area (Å²) in [5, 5.41) is 13.9. The normalized spacial score (nSPS) is 19.7. The first-order valence-electron chi connectivity index (χ1n) is 8.18. The lowest BCUT2D eigenvalue weighted by molar-refractivity contribution is 0.0958. The molecule has 23 heavy (non-hydrogen) atoms. The molecule has 0 aliphatic carbocycles. The first kappa shape index (κ1) is 16.2. The summed E-state index contributed by atoms with van der Waals surface area (Å²) in [6.45, 7) is 8.42. The summed E-state index contributed by atoms with van der Waals surface area (Å²) in [6, 6.07) is 6.36. The molecular formula is C18H25N3O2. The molecule has 1 atom stereocenters. The summed E-state index contributed by atoms with van der Waals surface area (Å²) in [7, 11) is 0. The summed E-state index contributed by atoms with van der Waals surface area (Å²) < 4.78 is 7.54. The van der Waals surface area contributed by atoms with E-state index in [0.717, 1.165) is 31.9 Å². The fraction of sp³-hybridized carbons (Fsp3) is 0.500. The second-order valence-electron chi connectivity index (χ2n) is 6.39. The Morgan fingerprint density at radius 2 is 2.22 bits per heavy atom. The van der Waals surface area contributed by atoms with E-state index in [0.29, 0.717) is 6.61 Å². The van der Waals surface area contributed by atoms with Gasteiger partial charge in [-0.05, 0) is 42.7 Å². The Morgan fingerprint density at radius 3 is 2.96 bits per heavy atom. The third-order valence-corrected chi connectivity index (χ3v) is 4.41. The van der Waals surface area contributed by atoms with E-state index in [4.69, 9.17) is 4.74 Å². The van der Waals surface area contributed by atoms with Gasteiger partial charge in [-0.1, -0.05) is 6.07 Å². The highest BCUT2D eigenvalue weighted by molar-refractivity contribution is 5.48. The zero-order chi connectivity index (χ0) is 16.2.